The number of fused-ring (bicyclic) bond motifs is 4. The first-order valence-corrected chi connectivity index (χ1v) is 11.5. The number of Topliss-reactive ketones (excluding diaryl/α,β-unsaturated/α-hetero) is 1. The molecule has 35 heavy (non-hydrogen) atoms. The number of phenols is 1. The fourth-order valence-corrected chi connectivity index (χ4v) is 5.97. The summed E-state index contributed by atoms with van der Waals surface area (Å²) in [4.78, 5) is 52.3. The van der Waals surface area contributed by atoms with Crippen LogP contribution in [0.2, 0.25) is 0 Å². The van der Waals surface area contributed by atoms with Crippen molar-refractivity contribution in [3.05, 3.63) is 74.1 Å². The minimum atomic E-state index is -1.03. The summed E-state index contributed by atoms with van der Waals surface area (Å²) >= 11 is 0. The lowest BCUT2D eigenvalue weighted by Crippen LogP contribution is -2.55. The van der Waals surface area contributed by atoms with Crippen LogP contribution in [0.4, 0.5) is 0 Å². The minimum absolute atomic E-state index is 0.0136. The van der Waals surface area contributed by atoms with Gasteiger partial charge in [-0.1, -0.05) is 31.2 Å². The smallest absolute Gasteiger partial charge is 0.347 e. The Bertz CT molecular complexity index is 1480. The Balaban J connectivity index is 1.68. The molecule has 0 bridgehead atoms. The van der Waals surface area contributed by atoms with Crippen LogP contribution in [0.1, 0.15) is 31.9 Å². The van der Waals surface area contributed by atoms with Crippen molar-refractivity contribution in [2.45, 2.75) is 32.9 Å². The molecule has 0 spiro atoms. The molecule has 2 aliphatic carbocycles. The lowest BCUT2D eigenvalue weighted by molar-refractivity contribution is -0.140. The van der Waals surface area contributed by atoms with E-state index in [-0.39, 0.29) is 30.3 Å². The van der Waals surface area contributed by atoms with Gasteiger partial charge in [-0.25, -0.2) is 23.5 Å². The number of aromatic hydroxyl groups is 1. The zero-order valence-electron chi connectivity index (χ0n) is 20.0. The molecular formula is C26H27N3O6. The quantitative estimate of drug-likeness (QED) is 0.677. The van der Waals surface area contributed by atoms with E-state index in [0.717, 1.165) is 15.7 Å². The highest BCUT2D eigenvalue weighted by atomic mass is 16.5. The molecule has 2 heterocycles. The summed E-state index contributed by atoms with van der Waals surface area (Å²) in [5.74, 6) is -1.03. The van der Waals surface area contributed by atoms with Gasteiger partial charge in [0.15, 0.2) is 23.1 Å². The van der Waals surface area contributed by atoms with Crippen LogP contribution in [-0.2, 0) is 23.2 Å². The molecule has 182 valence electrons. The fraction of sp³-hybridized carbons (Fsp3) is 0.385. The molecule has 4 atom stereocenters. The van der Waals surface area contributed by atoms with Crippen molar-refractivity contribution in [3.63, 3.8) is 0 Å². The van der Waals surface area contributed by atoms with Crippen molar-refractivity contribution in [2.24, 2.45) is 24.3 Å². The van der Waals surface area contributed by atoms with E-state index in [1.54, 1.807) is 19.1 Å². The SMILES string of the molecule is COc1cc(C=C[C@H]2C3=CCn4c(=O)n(C)c(=O)n4[C@@H]3C[C@H]3C(=O)C=C(C)C(=O)[C@@]23C)ccc1O. The largest absolute Gasteiger partial charge is 0.504 e. The van der Waals surface area contributed by atoms with Crippen molar-refractivity contribution < 1.29 is 19.4 Å². The lowest BCUT2D eigenvalue weighted by atomic mass is 9.52. The van der Waals surface area contributed by atoms with E-state index in [4.69, 9.17) is 4.74 Å². The number of carbonyl (C=O) groups excluding carboxylic acids is 2. The molecule has 5 rings (SSSR count). The Morgan fingerprint density at radius 3 is 2.63 bits per heavy atom. The predicted octanol–water partition coefficient (Wildman–Crippen LogP) is 2.00. The fourth-order valence-electron chi connectivity index (χ4n) is 5.97. The van der Waals surface area contributed by atoms with E-state index in [1.807, 2.05) is 25.2 Å². The molecular weight excluding hydrogens is 450 g/mol. The van der Waals surface area contributed by atoms with Gasteiger partial charge in [0, 0.05) is 18.9 Å². The highest BCUT2D eigenvalue weighted by Crippen LogP contribution is 2.56. The van der Waals surface area contributed by atoms with Crippen LogP contribution in [0.5, 0.6) is 11.5 Å². The van der Waals surface area contributed by atoms with Gasteiger partial charge in [0.05, 0.1) is 25.1 Å². The van der Waals surface area contributed by atoms with Crippen LogP contribution in [0.15, 0.2) is 57.2 Å². The maximum atomic E-state index is 13.6. The third-order valence-electron chi connectivity index (χ3n) is 7.85. The molecule has 0 amide bonds. The van der Waals surface area contributed by atoms with Crippen molar-refractivity contribution in [1.82, 2.24) is 13.9 Å². The average molecular weight is 478 g/mol. The van der Waals surface area contributed by atoms with Crippen LogP contribution >= 0.6 is 0 Å². The van der Waals surface area contributed by atoms with Crippen LogP contribution < -0.4 is 16.1 Å². The molecule has 1 fully saturated rings. The molecule has 1 saturated carbocycles. The zero-order valence-corrected chi connectivity index (χ0v) is 20.0. The van der Waals surface area contributed by atoms with Gasteiger partial charge >= 0.3 is 11.4 Å². The maximum Gasteiger partial charge on any atom is 0.347 e. The van der Waals surface area contributed by atoms with Crippen LogP contribution in [0, 0.1) is 17.3 Å². The number of methoxy groups -OCH3 is 1. The van der Waals surface area contributed by atoms with Gasteiger partial charge in [0.1, 0.15) is 0 Å². The van der Waals surface area contributed by atoms with Gasteiger partial charge in [0.2, 0.25) is 0 Å². The van der Waals surface area contributed by atoms with E-state index in [1.165, 1.54) is 35.7 Å². The number of carbonyl (C=O) groups is 2. The number of nitrogens with zero attached hydrogens (tertiary/aromatic N) is 3. The third-order valence-corrected chi connectivity index (χ3v) is 7.85. The molecule has 3 aliphatic rings. The number of rotatable bonds is 3. The summed E-state index contributed by atoms with van der Waals surface area (Å²) in [5, 5.41) is 9.93. The van der Waals surface area contributed by atoms with Crippen LogP contribution in [0.3, 0.4) is 0 Å². The second kappa shape index (κ2) is 7.83. The second-order valence-electron chi connectivity index (χ2n) is 9.67. The average Bonchev–Trinajstić information content (AvgIpc) is 3.06. The molecule has 1 aromatic heterocycles. The monoisotopic (exact) mass is 477 g/mol. The van der Waals surface area contributed by atoms with Gasteiger partial charge in [0.25, 0.3) is 0 Å². The summed E-state index contributed by atoms with van der Waals surface area (Å²) in [7, 11) is 2.90. The van der Waals surface area contributed by atoms with E-state index in [9.17, 15) is 24.3 Å². The Hall–Kier alpha value is -3.88. The number of benzene rings is 1. The summed E-state index contributed by atoms with van der Waals surface area (Å²) in [6.07, 6.45) is 7.29. The minimum Gasteiger partial charge on any atom is -0.504 e. The Labute approximate surface area is 201 Å². The summed E-state index contributed by atoms with van der Waals surface area (Å²) in [6.45, 7) is 3.69. The van der Waals surface area contributed by atoms with Gasteiger partial charge in [-0.15, -0.1) is 0 Å². The zero-order chi connectivity index (χ0) is 25.2. The molecule has 0 radical (unpaired) electrons. The first-order chi connectivity index (χ1) is 16.6. The Morgan fingerprint density at radius 2 is 1.91 bits per heavy atom. The highest BCUT2D eigenvalue weighted by molar-refractivity contribution is 6.13. The van der Waals surface area contributed by atoms with E-state index >= 15 is 0 Å². The summed E-state index contributed by atoms with van der Waals surface area (Å²) in [6, 6.07) is 4.41. The molecule has 2 aromatic rings. The maximum absolute atomic E-state index is 13.6. The number of allylic oxidation sites excluding steroid dienone is 5. The second-order valence-corrected chi connectivity index (χ2v) is 9.67. The van der Waals surface area contributed by atoms with Gasteiger partial charge in [-0.05, 0) is 48.3 Å². The van der Waals surface area contributed by atoms with E-state index < -0.39 is 34.7 Å². The molecule has 0 saturated heterocycles. The Kier molecular flexibility index (Phi) is 5.12. The summed E-state index contributed by atoms with van der Waals surface area (Å²) < 4.78 is 9.10. The molecule has 1 aromatic carbocycles. The van der Waals surface area contributed by atoms with Crippen LogP contribution in [-0.4, -0.2) is 37.7 Å². The first kappa shape index (κ1) is 22.9. The van der Waals surface area contributed by atoms with E-state index in [0.29, 0.717) is 11.3 Å². The molecule has 1 N–H and O–H groups in total. The number of ketones is 2. The number of phenolic OH excluding ortho intramolecular Hbond substituents is 1. The Morgan fingerprint density at radius 1 is 1.17 bits per heavy atom. The topological polar surface area (TPSA) is 113 Å². The molecule has 1 aliphatic heterocycles. The predicted molar refractivity (Wildman–Crippen MR) is 128 cm³/mol. The number of hydrogen-bond donors (Lipinski definition) is 1. The van der Waals surface area contributed by atoms with Gasteiger partial charge in [-0.2, -0.15) is 0 Å². The molecule has 9 nitrogen and oxygen atoms in total. The van der Waals surface area contributed by atoms with Crippen molar-refractivity contribution in [3.8, 4) is 11.5 Å². The number of aromatic nitrogens is 3. The third kappa shape index (κ3) is 3.14. The van der Waals surface area contributed by atoms with Gasteiger partial charge < -0.3 is 9.84 Å². The van der Waals surface area contributed by atoms with Crippen molar-refractivity contribution in [1.29, 1.82) is 0 Å². The number of ether oxygens (including phenoxy) is 1. The molecule has 0 unspecified atom stereocenters. The normalized spacial score (nSPS) is 27.7. The standard InChI is InChI=1S/C26H27N3O6/c1-14-11-21(31)18-13-19-16(9-10-28-24(33)27(3)25(34)29(19)28)17(26(18,2)23(14)32)7-5-15-6-8-20(30)22(12-15)35-4/h5-9,11-12,17-19,30H,10,13H2,1-4H3/t17-,18-,19+,26-/m0/s1. The van der Waals surface area contributed by atoms with Crippen molar-refractivity contribution in [2.75, 3.05) is 7.11 Å². The van der Waals surface area contributed by atoms with Crippen molar-refractivity contribution >= 4 is 17.6 Å². The summed E-state index contributed by atoms with van der Waals surface area (Å²) in [5.41, 5.74) is 0.118. The number of hydrogen-bond acceptors (Lipinski definition) is 6. The highest BCUT2D eigenvalue weighted by Gasteiger charge is 2.58. The lowest BCUT2D eigenvalue weighted by Gasteiger charge is -2.51. The first-order valence-electron chi connectivity index (χ1n) is 11.5. The van der Waals surface area contributed by atoms with Crippen LogP contribution in [0.25, 0.3) is 6.08 Å². The molecule has 9 heteroatoms. The van der Waals surface area contributed by atoms with E-state index in [2.05, 4.69) is 0 Å². The van der Waals surface area contributed by atoms with Gasteiger partial charge in [-0.3, -0.25) is 9.59 Å².